The lowest BCUT2D eigenvalue weighted by Crippen LogP contribution is -2.75. The maximum absolute atomic E-state index is 10.6. The average Bonchev–Trinajstić information content (AvgIpc) is 2.30. The molecule has 0 aromatic heterocycles. The SMILES string of the molecule is O=C([O-])[C@]12OO[C@]1(O)[C@H](O)[C@](O)(CO)O2. The molecule has 0 aliphatic carbocycles. The zero-order valence-corrected chi connectivity index (χ0v) is 7.11. The van der Waals surface area contributed by atoms with E-state index in [4.69, 9.17) is 5.11 Å². The molecule has 0 bridgehead atoms. The minimum atomic E-state index is -2.84. The highest BCUT2D eigenvalue weighted by Crippen LogP contribution is 2.52. The first-order chi connectivity index (χ1) is 6.82. The quantitative estimate of drug-likeness (QED) is 0.338. The van der Waals surface area contributed by atoms with Crippen LogP contribution >= 0.6 is 0 Å². The molecular weight excluding hydrogens is 216 g/mol. The lowest BCUT2D eigenvalue weighted by atomic mass is 9.97. The van der Waals surface area contributed by atoms with Crippen LogP contribution in [0.15, 0.2) is 0 Å². The highest BCUT2D eigenvalue weighted by molar-refractivity contribution is 5.76. The molecule has 9 heteroatoms. The Kier molecular flexibility index (Phi) is 1.89. The molecule has 0 amide bonds. The fourth-order valence-electron chi connectivity index (χ4n) is 1.47. The topological polar surface area (TPSA) is 149 Å². The normalized spacial score (nSPS) is 53.5. The fraction of sp³-hybridized carbons (Fsp3) is 0.833. The molecule has 0 aromatic rings. The summed E-state index contributed by atoms with van der Waals surface area (Å²) in [5, 5.41) is 47.6. The zero-order chi connectivity index (χ0) is 11.5. The van der Waals surface area contributed by atoms with Gasteiger partial charge < -0.3 is 35.1 Å². The number of aliphatic hydroxyl groups is 4. The van der Waals surface area contributed by atoms with Gasteiger partial charge >= 0.3 is 5.79 Å². The molecular formula is C6H7O9-. The number of rotatable bonds is 2. The number of fused-ring (bicyclic) bond motifs is 1. The summed E-state index contributed by atoms with van der Waals surface area (Å²) in [7, 11) is 0. The Hall–Kier alpha value is -0.810. The molecule has 15 heavy (non-hydrogen) atoms. The zero-order valence-electron chi connectivity index (χ0n) is 7.11. The smallest absolute Gasteiger partial charge is 0.305 e. The Bertz CT molecular complexity index is 318. The summed E-state index contributed by atoms with van der Waals surface area (Å²) in [6, 6.07) is 0. The van der Waals surface area contributed by atoms with Crippen molar-refractivity contribution in [3.05, 3.63) is 0 Å². The Labute approximate surface area is 82.0 Å². The van der Waals surface area contributed by atoms with Crippen LogP contribution in [0.4, 0.5) is 0 Å². The minimum absolute atomic E-state index is 1.17. The summed E-state index contributed by atoms with van der Waals surface area (Å²) in [5.41, 5.74) is 0. The van der Waals surface area contributed by atoms with Gasteiger partial charge in [0.1, 0.15) is 12.6 Å². The van der Waals surface area contributed by atoms with Crippen molar-refractivity contribution < 1.29 is 44.8 Å². The Morgan fingerprint density at radius 2 is 2.00 bits per heavy atom. The third-order valence-corrected chi connectivity index (χ3v) is 2.37. The molecule has 2 saturated heterocycles. The Morgan fingerprint density at radius 1 is 1.40 bits per heavy atom. The molecule has 86 valence electrons. The second kappa shape index (κ2) is 2.65. The van der Waals surface area contributed by atoms with E-state index < -0.39 is 36.0 Å². The highest BCUT2D eigenvalue weighted by atomic mass is 17.3. The van der Waals surface area contributed by atoms with Gasteiger partial charge in [-0.2, -0.15) is 9.78 Å². The molecule has 2 rings (SSSR count). The van der Waals surface area contributed by atoms with Gasteiger partial charge in [-0.25, -0.2) is 0 Å². The van der Waals surface area contributed by atoms with Crippen molar-refractivity contribution in [1.82, 2.24) is 0 Å². The average molecular weight is 223 g/mol. The lowest BCUT2D eigenvalue weighted by molar-refractivity contribution is -0.637. The number of ether oxygens (including phenoxy) is 1. The van der Waals surface area contributed by atoms with Crippen molar-refractivity contribution in [2.75, 3.05) is 6.61 Å². The van der Waals surface area contributed by atoms with E-state index in [1.54, 1.807) is 0 Å². The molecule has 4 atom stereocenters. The van der Waals surface area contributed by atoms with E-state index in [2.05, 4.69) is 14.5 Å². The van der Waals surface area contributed by atoms with Gasteiger partial charge in [-0.05, 0) is 0 Å². The summed E-state index contributed by atoms with van der Waals surface area (Å²) < 4.78 is 4.36. The summed E-state index contributed by atoms with van der Waals surface area (Å²) in [6.45, 7) is -1.17. The first kappa shape index (κ1) is 10.7. The monoisotopic (exact) mass is 223 g/mol. The van der Waals surface area contributed by atoms with Gasteiger partial charge in [-0.3, -0.25) is 0 Å². The molecule has 0 saturated carbocycles. The minimum Gasteiger partial charge on any atom is -0.544 e. The Morgan fingerprint density at radius 3 is 2.27 bits per heavy atom. The molecule has 2 fully saturated rings. The molecule has 0 aromatic carbocycles. The third kappa shape index (κ3) is 0.928. The number of aliphatic hydroxyl groups excluding tert-OH is 2. The van der Waals surface area contributed by atoms with Crippen molar-refractivity contribution in [1.29, 1.82) is 0 Å². The van der Waals surface area contributed by atoms with Crippen LogP contribution in [-0.2, 0) is 19.3 Å². The number of carbonyl (C=O) groups is 1. The Balaban J connectivity index is 2.43. The van der Waals surface area contributed by atoms with Gasteiger partial charge in [0.05, 0.1) is 0 Å². The van der Waals surface area contributed by atoms with E-state index in [1.807, 2.05) is 0 Å². The van der Waals surface area contributed by atoms with Crippen LogP contribution in [0, 0.1) is 0 Å². The maximum atomic E-state index is 10.6. The van der Waals surface area contributed by atoms with Gasteiger partial charge in [0.25, 0.3) is 5.79 Å². The van der Waals surface area contributed by atoms with Gasteiger partial charge in [0.2, 0.25) is 5.79 Å². The van der Waals surface area contributed by atoms with Crippen molar-refractivity contribution in [3.63, 3.8) is 0 Å². The second-order valence-corrected chi connectivity index (χ2v) is 3.27. The summed E-state index contributed by atoms with van der Waals surface area (Å²) in [5.74, 6) is -10.4. The predicted molar refractivity (Wildman–Crippen MR) is 34.0 cm³/mol. The largest absolute Gasteiger partial charge is 0.544 e. The lowest BCUT2D eigenvalue weighted by Gasteiger charge is -2.46. The van der Waals surface area contributed by atoms with E-state index in [-0.39, 0.29) is 0 Å². The van der Waals surface area contributed by atoms with Crippen molar-refractivity contribution in [2.24, 2.45) is 0 Å². The number of carboxylic acids is 1. The standard InChI is InChI=1S/C6H8O9/c7-1-4(11)2(8)5(12)6(13-4,3(9)10)15-14-5/h2,7-8,11-12H,1H2,(H,9,10)/p-1/t2-,4+,5-,6+/m1/s1. The van der Waals surface area contributed by atoms with Gasteiger partial charge in [-0.1, -0.05) is 0 Å². The fourth-order valence-corrected chi connectivity index (χ4v) is 1.47. The van der Waals surface area contributed by atoms with Gasteiger partial charge in [0, 0.05) is 0 Å². The number of hydrogen-bond donors (Lipinski definition) is 4. The van der Waals surface area contributed by atoms with Crippen molar-refractivity contribution in [3.8, 4) is 0 Å². The van der Waals surface area contributed by atoms with Gasteiger partial charge in [-0.15, -0.1) is 0 Å². The predicted octanol–water partition coefficient (Wildman–Crippen LogP) is -4.84. The number of carbonyl (C=O) groups excluding carboxylic acids is 1. The van der Waals surface area contributed by atoms with Crippen LogP contribution in [0.5, 0.6) is 0 Å². The van der Waals surface area contributed by atoms with E-state index in [0.29, 0.717) is 0 Å². The first-order valence-electron chi connectivity index (χ1n) is 3.84. The van der Waals surface area contributed by atoms with Crippen molar-refractivity contribution >= 4 is 5.97 Å². The van der Waals surface area contributed by atoms with Crippen LogP contribution in [0.25, 0.3) is 0 Å². The van der Waals surface area contributed by atoms with E-state index in [9.17, 15) is 25.2 Å². The van der Waals surface area contributed by atoms with Crippen LogP contribution in [0.3, 0.4) is 0 Å². The molecule has 9 nitrogen and oxygen atoms in total. The van der Waals surface area contributed by atoms with E-state index >= 15 is 0 Å². The van der Waals surface area contributed by atoms with Gasteiger partial charge in [0.15, 0.2) is 6.10 Å². The molecule has 4 N–H and O–H groups in total. The van der Waals surface area contributed by atoms with Crippen LogP contribution in [-0.4, -0.2) is 56.5 Å². The van der Waals surface area contributed by atoms with Crippen LogP contribution in [0.1, 0.15) is 0 Å². The summed E-state index contributed by atoms with van der Waals surface area (Å²) in [6.07, 6.45) is -2.22. The number of hydrogen-bond acceptors (Lipinski definition) is 9. The molecule has 2 aliphatic heterocycles. The summed E-state index contributed by atoms with van der Waals surface area (Å²) >= 11 is 0. The number of carboxylic acid groups (broad SMARTS) is 1. The summed E-state index contributed by atoms with van der Waals surface area (Å²) in [4.78, 5) is 18.6. The third-order valence-electron chi connectivity index (χ3n) is 2.37. The first-order valence-corrected chi connectivity index (χ1v) is 3.84. The molecule has 0 unspecified atom stereocenters. The molecule has 2 aliphatic rings. The molecule has 2 heterocycles. The van der Waals surface area contributed by atoms with Crippen LogP contribution < -0.4 is 5.11 Å². The molecule has 0 spiro atoms. The highest BCUT2D eigenvalue weighted by Gasteiger charge is 2.82. The second-order valence-electron chi connectivity index (χ2n) is 3.27. The maximum Gasteiger partial charge on any atom is 0.305 e. The molecule has 0 radical (unpaired) electrons. The van der Waals surface area contributed by atoms with Crippen LogP contribution in [0.2, 0.25) is 0 Å². The number of aliphatic carboxylic acids is 1. The van der Waals surface area contributed by atoms with E-state index in [1.165, 1.54) is 0 Å². The van der Waals surface area contributed by atoms with Crippen molar-refractivity contribution in [2.45, 2.75) is 23.5 Å². The van der Waals surface area contributed by atoms with E-state index in [0.717, 1.165) is 0 Å².